The van der Waals surface area contributed by atoms with Crippen LogP contribution in [0.1, 0.15) is 12.3 Å². The molecule has 0 amide bonds. The van der Waals surface area contributed by atoms with Gasteiger partial charge in [-0.1, -0.05) is 53.2 Å². The summed E-state index contributed by atoms with van der Waals surface area (Å²) in [5.74, 6) is 2.11. The molecule has 2 aromatic carbocycles. The summed E-state index contributed by atoms with van der Waals surface area (Å²) in [4.78, 5) is 6.68. The number of hydrogen-bond donors (Lipinski definition) is 0. The van der Waals surface area contributed by atoms with Gasteiger partial charge in [0.1, 0.15) is 12.4 Å². The summed E-state index contributed by atoms with van der Waals surface area (Å²) in [6.07, 6.45) is 1.71. The Balaban J connectivity index is 1.36. The second kappa shape index (κ2) is 9.36. The fourth-order valence-electron chi connectivity index (χ4n) is 2.55. The summed E-state index contributed by atoms with van der Waals surface area (Å²) in [6.45, 7) is 2.39. The van der Waals surface area contributed by atoms with Gasteiger partial charge in [0.05, 0.1) is 0 Å². The molecule has 6 heteroatoms. The fraction of sp³-hybridized carbons (Fsp3) is 0.300. The number of benzene rings is 2. The summed E-state index contributed by atoms with van der Waals surface area (Å²) in [5, 5.41) is 4.73. The first-order valence-electron chi connectivity index (χ1n) is 8.65. The van der Waals surface area contributed by atoms with Crippen molar-refractivity contribution in [3.63, 3.8) is 0 Å². The molecule has 5 nitrogen and oxygen atoms in total. The number of rotatable bonds is 9. The zero-order chi connectivity index (χ0) is 18.2. The minimum absolute atomic E-state index is 0.621. The first kappa shape index (κ1) is 18.4. The van der Waals surface area contributed by atoms with Crippen molar-refractivity contribution in [2.75, 3.05) is 26.7 Å². The molecule has 0 atom stereocenters. The quantitative estimate of drug-likeness (QED) is 0.560. The van der Waals surface area contributed by atoms with E-state index in [9.17, 15) is 0 Å². The monoisotopic (exact) mass is 371 g/mol. The maximum absolute atomic E-state index is 5.94. The largest absolute Gasteiger partial charge is 0.492 e. The normalized spacial score (nSPS) is 11.0. The lowest BCUT2D eigenvalue weighted by Gasteiger charge is -2.16. The van der Waals surface area contributed by atoms with Gasteiger partial charge in [-0.2, -0.15) is 4.98 Å². The van der Waals surface area contributed by atoms with E-state index in [0.717, 1.165) is 37.2 Å². The van der Waals surface area contributed by atoms with Gasteiger partial charge >= 0.3 is 0 Å². The van der Waals surface area contributed by atoms with E-state index in [2.05, 4.69) is 22.1 Å². The Morgan fingerprint density at radius 3 is 2.73 bits per heavy atom. The molecule has 1 aromatic heterocycles. The molecular formula is C20H22ClN3O2. The molecule has 0 fully saturated rings. The lowest BCUT2D eigenvalue weighted by Crippen LogP contribution is -2.25. The molecule has 0 aliphatic rings. The van der Waals surface area contributed by atoms with Crippen molar-refractivity contribution < 1.29 is 9.26 Å². The van der Waals surface area contributed by atoms with Crippen LogP contribution in [0.5, 0.6) is 5.75 Å². The number of nitrogens with zero attached hydrogens (tertiary/aromatic N) is 3. The second-order valence-electron chi connectivity index (χ2n) is 6.09. The Bertz CT molecular complexity index is 808. The van der Waals surface area contributed by atoms with E-state index in [1.807, 2.05) is 54.6 Å². The molecule has 0 unspecified atom stereocenters. The van der Waals surface area contributed by atoms with Crippen LogP contribution in [0.2, 0.25) is 5.02 Å². The van der Waals surface area contributed by atoms with Crippen molar-refractivity contribution >= 4 is 11.6 Å². The van der Waals surface area contributed by atoms with Crippen molar-refractivity contribution in [1.29, 1.82) is 0 Å². The van der Waals surface area contributed by atoms with E-state index in [0.29, 0.717) is 23.3 Å². The lowest BCUT2D eigenvalue weighted by molar-refractivity contribution is 0.234. The van der Waals surface area contributed by atoms with Crippen molar-refractivity contribution in [3.05, 3.63) is 65.5 Å². The van der Waals surface area contributed by atoms with Gasteiger partial charge in [-0.3, -0.25) is 0 Å². The van der Waals surface area contributed by atoms with Gasteiger partial charge in [0.25, 0.3) is 0 Å². The van der Waals surface area contributed by atoms with Gasteiger partial charge in [-0.25, -0.2) is 0 Å². The molecule has 0 aliphatic heterocycles. The summed E-state index contributed by atoms with van der Waals surface area (Å²) < 4.78 is 11.0. The van der Waals surface area contributed by atoms with E-state index in [4.69, 9.17) is 20.9 Å². The molecule has 3 aromatic rings. The average molecular weight is 372 g/mol. The predicted octanol–water partition coefficient (Wildman–Crippen LogP) is 4.33. The smallest absolute Gasteiger partial charge is 0.227 e. The standard InChI is InChI=1S/C20H22ClN3O2/c1-24(13-14-25-18-10-5-9-17(21)15-18)12-6-11-19-22-20(23-26-19)16-7-3-2-4-8-16/h2-5,7-10,15H,6,11-14H2,1H3. The lowest BCUT2D eigenvalue weighted by atomic mass is 10.2. The molecule has 0 radical (unpaired) electrons. The van der Waals surface area contributed by atoms with Gasteiger partial charge in [-0.05, 0) is 38.2 Å². The highest BCUT2D eigenvalue weighted by Gasteiger charge is 2.08. The highest BCUT2D eigenvalue weighted by molar-refractivity contribution is 6.30. The van der Waals surface area contributed by atoms with Gasteiger partial charge in [-0.15, -0.1) is 0 Å². The summed E-state index contributed by atoms with van der Waals surface area (Å²) in [7, 11) is 2.07. The van der Waals surface area contributed by atoms with Gasteiger partial charge in [0, 0.05) is 23.6 Å². The van der Waals surface area contributed by atoms with Crippen LogP contribution in [0.4, 0.5) is 0 Å². The SMILES string of the molecule is CN(CCCc1nc(-c2ccccc2)no1)CCOc1cccc(Cl)c1. The maximum atomic E-state index is 5.94. The minimum Gasteiger partial charge on any atom is -0.492 e. The Morgan fingerprint density at radius 1 is 1.08 bits per heavy atom. The Labute approximate surface area is 158 Å². The van der Waals surface area contributed by atoms with Crippen LogP contribution in [0.15, 0.2) is 59.1 Å². The van der Waals surface area contributed by atoms with Crippen LogP contribution < -0.4 is 4.74 Å². The van der Waals surface area contributed by atoms with Crippen LogP contribution >= 0.6 is 11.6 Å². The summed E-state index contributed by atoms with van der Waals surface area (Å²) in [6, 6.07) is 17.3. The summed E-state index contributed by atoms with van der Waals surface area (Å²) >= 11 is 5.94. The van der Waals surface area contributed by atoms with Crippen molar-refractivity contribution in [1.82, 2.24) is 15.0 Å². The number of aryl methyl sites for hydroxylation is 1. The first-order chi connectivity index (χ1) is 12.7. The molecule has 0 saturated heterocycles. The summed E-state index contributed by atoms with van der Waals surface area (Å²) in [5.41, 5.74) is 0.970. The molecule has 0 N–H and O–H groups in total. The van der Waals surface area contributed by atoms with Crippen LogP contribution in [0, 0.1) is 0 Å². The zero-order valence-corrected chi connectivity index (χ0v) is 15.5. The number of halogens is 1. The topological polar surface area (TPSA) is 51.4 Å². The van der Waals surface area contributed by atoms with E-state index in [1.54, 1.807) is 0 Å². The molecule has 0 bridgehead atoms. The number of likely N-dealkylation sites (N-methyl/N-ethyl adjacent to an activating group) is 1. The Kier molecular flexibility index (Phi) is 6.63. The fourth-order valence-corrected chi connectivity index (χ4v) is 2.73. The average Bonchev–Trinajstić information content (AvgIpc) is 3.11. The van der Waals surface area contributed by atoms with Gasteiger partial charge < -0.3 is 14.2 Å². The maximum Gasteiger partial charge on any atom is 0.227 e. The third-order valence-corrected chi connectivity index (χ3v) is 4.20. The molecule has 0 saturated carbocycles. The third kappa shape index (κ3) is 5.58. The number of ether oxygens (including phenoxy) is 1. The Morgan fingerprint density at radius 2 is 1.92 bits per heavy atom. The molecule has 26 heavy (non-hydrogen) atoms. The van der Waals surface area contributed by atoms with Gasteiger partial charge in [0.15, 0.2) is 0 Å². The van der Waals surface area contributed by atoms with Crippen LogP contribution in [0.3, 0.4) is 0 Å². The zero-order valence-electron chi connectivity index (χ0n) is 14.8. The number of aromatic nitrogens is 2. The molecule has 3 rings (SSSR count). The number of hydrogen-bond acceptors (Lipinski definition) is 5. The molecule has 1 heterocycles. The Hall–Kier alpha value is -2.37. The van der Waals surface area contributed by atoms with E-state index in [1.165, 1.54) is 0 Å². The van der Waals surface area contributed by atoms with E-state index in [-0.39, 0.29) is 0 Å². The van der Waals surface area contributed by atoms with Gasteiger partial charge in [0.2, 0.25) is 11.7 Å². The molecular weight excluding hydrogens is 350 g/mol. The molecule has 0 spiro atoms. The van der Waals surface area contributed by atoms with E-state index < -0.39 is 0 Å². The highest BCUT2D eigenvalue weighted by atomic mass is 35.5. The van der Waals surface area contributed by atoms with Crippen molar-refractivity contribution in [2.24, 2.45) is 0 Å². The minimum atomic E-state index is 0.621. The molecule has 136 valence electrons. The van der Waals surface area contributed by atoms with Crippen LogP contribution in [-0.4, -0.2) is 41.8 Å². The second-order valence-corrected chi connectivity index (χ2v) is 6.53. The van der Waals surface area contributed by atoms with Crippen molar-refractivity contribution in [3.8, 4) is 17.1 Å². The van der Waals surface area contributed by atoms with Crippen LogP contribution in [-0.2, 0) is 6.42 Å². The third-order valence-electron chi connectivity index (χ3n) is 3.97. The van der Waals surface area contributed by atoms with Crippen molar-refractivity contribution in [2.45, 2.75) is 12.8 Å². The first-order valence-corrected chi connectivity index (χ1v) is 9.03. The highest BCUT2D eigenvalue weighted by Crippen LogP contribution is 2.17. The van der Waals surface area contributed by atoms with E-state index >= 15 is 0 Å². The molecule has 0 aliphatic carbocycles. The van der Waals surface area contributed by atoms with Crippen LogP contribution in [0.25, 0.3) is 11.4 Å². The predicted molar refractivity (Wildman–Crippen MR) is 102 cm³/mol.